The molecule has 82 valence electrons. The molecule has 0 radical (unpaired) electrons. The van der Waals surface area contributed by atoms with Crippen LogP contribution in [0.5, 0.6) is 0 Å². The molecule has 1 aromatic rings. The van der Waals surface area contributed by atoms with Crippen LogP contribution < -0.4 is 0 Å². The molecule has 0 saturated heterocycles. The van der Waals surface area contributed by atoms with Crippen LogP contribution in [-0.2, 0) is 17.6 Å². The summed E-state index contributed by atoms with van der Waals surface area (Å²) < 4.78 is 0. The molecule has 1 aromatic carbocycles. The molecule has 1 N–H and O–H groups in total. The van der Waals surface area contributed by atoms with Gasteiger partial charge in [-0.3, -0.25) is 4.79 Å². The maximum atomic E-state index is 10.7. The van der Waals surface area contributed by atoms with Crippen molar-refractivity contribution in [3.63, 3.8) is 0 Å². The summed E-state index contributed by atoms with van der Waals surface area (Å²) in [4.78, 5) is 10.7. The fourth-order valence-corrected chi connectivity index (χ4v) is 1.86. The number of carboxylic acid groups (broad SMARTS) is 1. The van der Waals surface area contributed by atoms with Crippen LogP contribution in [0.4, 0.5) is 0 Å². The Morgan fingerprint density at radius 2 is 2.13 bits per heavy atom. The van der Waals surface area contributed by atoms with E-state index in [-0.39, 0.29) is 6.42 Å². The molecule has 0 fully saturated rings. The van der Waals surface area contributed by atoms with Gasteiger partial charge < -0.3 is 5.11 Å². The van der Waals surface area contributed by atoms with Gasteiger partial charge in [-0.2, -0.15) is 0 Å². The van der Waals surface area contributed by atoms with E-state index in [1.165, 1.54) is 5.56 Å². The second-order valence-corrected chi connectivity index (χ2v) is 4.43. The summed E-state index contributed by atoms with van der Waals surface area (Å²) >= 11 is 3.38. The first-order chi connectivity index (χ1) is 7.13. The van der Waals surface area contributed by atoms with Crippen molar-refractivity contribution in [1.29, 1.82) is 0 Å². The Labute approximate surface area is 98.4 Å². The third-order valence-corrected chi connectivity index (χ3v) is 2.84. The third kappa shape index (κ3) is 4.04. The van der Waals surface area contributed by atoms with Crippen molar-refractivity contribution in [3.8, 4) is 0 Å². The van der Waals surface area contributed by atoms with E-state index in [1.54, 1.807) is 0 Å². The smallest absolute Gasteiger partial charge is 0.307 e. The highest BCUT2D eigenvalue weighted by atomic mass is 79.9. The molecule has 3 heteroatoms. The average Bonchev–Trinajstić information content (AvgIpc) is 2.18. The second-order valence-electron chi connectivity index (χ2n) is 3.64. The largest absolute Gasteiger partial charge is 0.481 e. The molecule has 0 saturated carbocycles. The van der Waals surface area contributed by atoms with E-state index in [9.17, 15) is 4.79 Å². The molecule has 0 heterocycles. The topological polar surface area (TPSA) is 37.3 Å². The Morgan fingerprint density at radius 3 is 2.73 bits per heavy atom. The lowest BCUT2D eigenvalue weighted by Crippen LogP contribution is -2.04. The number of benzene rings is 1. The van der Waals surface area contributed by atoms with Crippen molar-refractivity contribution in [2.24, 2.45) is 0 Å². The van der Waals surface area contributed by atoms with Gasteiger partial charge in [0.1, 0.15) is 0 Å². The maximum absolute atomic E-state index is 10.7. The first-order valence-corrected chi connectivity index (χ1v) is 6.12. The van der Waals surface area contributed by atoms with Crippen LogP contribution in [0.25, 0.3) is 0 Å². The van der Waals surface area contributed by atoms with Gasteiger partial charge in [0.25, 0.3) is 0 Å². The number of aryl methyl sites for hydroxylation is 2. The lowest BCUT2D eigenvalue weighted by molar-refractivity contribution is -0.136. The first kappa shape index (κ1) is 12.2. The molecule has 0 aliphatic carbocycles. The van der Waals surface area contributed by atoms with Gasteiger partial charge in [-0.1, -0.05) is 39.7 Å². The summed E-state index contributed by atoms with van der Waals surface area (Å²) in [5, 5.41) is 9.73. The Morgan fingerprint density at radius 1 is 1.40 bits per heavy atom. The number of hydrogen-bond donors (Lipinski definition) is 1. The highest BCUT2D eigenvalue weighted by Crippen LogP contribution is 2.15. The van der Waals surface area contributed by atoms with Crippen LogP contribution in [0.2, 0.25) is 0 Å². The molecular formula is C12H15BrO2. The van der Waals surface area contributed by atoms with Gasteiger partial charge in [0.15, 0.2) is 0 Å². The Hall–Kier alpha value is -0.830. The minimum absolute atomic E-state index is 0.123. The molecule has 0 spiro atoms. The van der Waals surface area contributed by atoms with Gasteiger partial charge in [0, 0.05) is 5.33 Å². The van der Waals surface area contributed by atoms with Crippen molar-refractivity contribution >= 4 is 21.9 Å². The lowest BCUT2D eigenvalue weighted by Gasteiger charge is -2.08. The molecule has 0 amide bonds. The van der Waals surface area contributed by atoms with Gasteiger partial charge in [0.05, 0.1) is 6.42 Å². The predicted molar refractivity (Wildman–Crippen MR) is 64.6 cm³/mol. The van der Waals surface area contributed by atoms with Crippen molar-refractivity contribution < 1.29 is 9.90 Å². The number of aliphatic carboxylic acids is 1. The van der Waals surface area contributed by atoms with Crippen molar-refractivity contribution in [3.05, 3.63) is 34.9 Å². The maximum Gasteiger partial charge on any atom is 0.307 e. The summed E-state index contributed by atoms with van der Waals surface area (Å²) in [6.45, 7) is 2.03. The summed E-state index contributed by atoms with van der Waals surface area (Å²) in [6.07, 6.45) is 2.10. The van der Waals surface area contributed by atoms with Crippen molar-refractivity contribution in [2.75, 3.05) is 5.33 Å². The molecule has 0 aromatic heterocycles. The van der Waals surface area contributed by atoms with Crippen LogP contribution in [0.1, 0.15) is 23.1 Å². The van der Waals surface area contributed by atoms with Crippen molar-refractivity contribution in [1.82, 2.24) is 0 Å². The second kappa shape index (κ2) is 5.91. The van der Waals surface area contributed by atoms with E-state index < -0.39 is 5.97 Å². The zero-order chi connectivity index (χ0) is 11.3. The monoisotopic (exact) mass is 270 g/mol. The molecule has 0 bridgehead atoms. The molecule has 1 rings (SSSR count). The number of alkyl halides is 1. The Balaban J connectivity index is 2.87. The number of halogens is 1. The highest BCUT2D eigenvalue weighted by molar-refractivity contribution is 9.09. The van der Waals surface area contributed by atoms with Crippen LogP contribution in [-0.4, -0.2) is 16.4 Å². The van der Waals surface area contributed by atoms with Gasteiger partial charge in [-0.05, 0) is 30.9 Å². The van der Waals surface area contributed by atoms with E-state index >= 15 is 0 Å². The molecule has 0 aliphatic heterocycles. The highest BCUT2D eigenvalue weighted by Gasteiger charge is 2.06. The van der Waals surface area contributed by atoms with Gasteiger partial charge >= 0.3 is 5.97 Å². The molecule has 0 atom stereocenters. The Kier molecular flexibility index (Phi) is 4.82. The fourth-order valence-electron chi connectivity index (χ4n) is 1.58. The normalized spacial score (nSPS) is 10.3. The van der Waals surface area contributed by atoms with E-state index in [1.807, 2.05) is 19.1 Å². The minimum Gasteiger partial charge on any atom is -0.481 e. The van der Waals surface area contributed by atoms with Gasteiger partial charge in [0.2, 0.25) is 0 Å². The molecular weight excluding hydrogens is 256 g/mol. The number of carbonyl (C=O) groups is 1. The summed E-state index contributed by atoms with van der Waals surface area (Å²) in [5.74, 6) is -0.765. The zero-order valence-electron chi connectivity index (χ0n) is 8.79. The molecule has 15 heavy (non-hydrogen) atoms. The van der Waals surface area contributed by atoms with Gasteiger partial charge in [-0.25, -0.2) is 0 Å². The average molecular weight is 271 g/mol. The van der Waals surface area contributed by atoms with Crippen LogP contribution in [0.15, 0.2) is 18.2 Å². The number of rotatable bonds is 5. The van der Waals surface area contributed by atoms with Crippen LogP contribution >= 0.6 is 15.9 Å². The van der Waals surface area contributed by atoms with E-state index in [0.717, 1.165) is 29.3 Å². The van der Waals surface area contributed by atoms with Crippen molar-refractivity contribution in [2.45, 2.75) is 26.2 Å². The predicted octanol–water partition coefficient (Wildman–Crippen LogP) is 2.95. The Bertz CT molecular complexity index is 347. The summed E-state index contributed by atoms with van der Waals surface area (Å²) in [6, 6.07) is 5.98. The summed E-state index contributed by atoms with van der Waals surface area (Å²) in [5.41, 5.74) is 3.29. The molecule has 2 nitrogen and oxygen atoms in total. The standard InChI is InChI=1S/C12H15BrO2/c1-9-4-5-11(8-12(14)15)10(7-9)3-2-6-13/h4-5,7H,2-3,6,8H2,1H3,(H,14,15). The third-order valence-electron chi connectivity index (χ3n) is 2.28. The zero-order valence-corrected chi connectivity index (χ0v) is 10.4. The van der Waals surface area contributed by atoms with Crippen LogP contribution in [0, 0.1) is 6.92 Å². The quantitative estimate of drug-likeness (QED) is 0.836. The van der Waals surface area contributed by atoms with Crippen LogP contribution in [0.3, 0.4) is 0 Å². The molecule has 0 unspecified atom stereocenters. The van der Waals surface area contributed by atoms with E-state index in [4.69, 9.17) is 5.11 Å². The van der Waals surface area contributed by atoms with E-state index in [2.05, 4.69) is 22.0 Å². The fraction of sp³-hybridized carbons (Fsp3) is 0.417. The number of carboxylic acids is 1. The van der Waals surface area contributed by atoms with Gasteiger partial charge in [-0.15, -0.1) is 0 Å². The lowest BCUT2D eigenvalue weighted by atomic mass is 9.98. The summed E-state index contributed by atoms with van der Waals surface area (Å²) in [7, 11) is 0. The number of hydrogen-bond acceptors (Lipinski definition) is 1. The molecule has 0 aliphatic rings. The first-order valence-electron chi connectivity index (χ1n) is 4.99. The van der Waals surface area contributed by atoms with E-state index in [0.29, 0.717) is 0 Å². The SMILES string of the molecule is Cc1ccc(CC(=O)O)c(CCCBr)c1. The minimum atomic E-state index is -0.765.